The second-order valence-corrected chi connectivity index (χ2v) is 4.44. The van der Waals surface area contributed by atoms with Crippen molar-refractivity contribution in [3.63, 3.8) is 0 Å². The Morgan fingerprint density at radius 2 is 2.00 bits per heavy atom. The third-order valence-corrected chi connectivity index (χ3v) is 3.26. The van der Waals surface area contributed by atoms with Gasteiger partial charge < -0.3 is 19.7 Å². The standard InChI is InChI=1S/C14H20N2O3.ClH/c1-18-12-6-3-5-11(13(12)19-2)14(17)16-9-4-7-15-8-10-16;/h3,5-6,15H,4,7-10H2,1-2H3;1H. The van der Waals surface area contributed by atoms with Crippen LogP contribution in [-0.4, -0.2) is 51.2 Å². The van der Waals surface area contributed by atoms with E-state index in [0.29, 0.717) is 17.1 Å². The van der Waals surface area contributed by atoms with Crippen LogP contribution in [0.15, 0.2) is 18.2 Å². The number of hydrogen-bond acceptors (Lipinski definition) is 4. The Labute approximate surface area is 125 Å². The molecular weight excluding hydrogens is 280 g/mol. The second-order valence-electron chi connectivity index (χ2n) is 4.44. The van der Waals surface area contributed by atoms with Gasteiger partial charge in [-0.15, -0.1) is 12.4 Å². The maximum Gasteiger partial charge on any atom is 0.257 e. The van der Waals surface area contributed by atoms with Gasteiger partial charge in [-0.25, -0.2) is 0 Å². The van der Waals surface area contributed by atoms with Crippen LogP contribution in [0.25, 0.3) is 0 Å². The highest BCUT2D eigenvalue weighted by Gasteiger charge is 2.22. The van der Waals surface area contributed by atoms with E-state index in [9.17, 15) is 4.79 Å². The number of para-hydroxylation sites is 1. The highest BCUT2D eigenvalue weighted by molar-refractivity contribution is 5.97. The topological polar surface area (TPSA) is 50.8 Å². The number of benzene rings is 1. The molecule has 0 saturated carbocycles. The summed E-state index contributed by atoms with van der Waals surface area (Å²) in [6.45, 7) is 3.28. The summed E-state index contributed by atoms with van der Waals surface area (Å²) >= 11 is 0. The fraction of sp³-hybridized carbons (Fsp3) is 0.500. The van der Waals surface area contributed by atoms with Crippen LogP contribution in [-0.2, 0) is 0 Å². The Morgan fingerprint density at radius 3 is 2.70 bits per heavy atom. The van der Waals surface area contributed by atoms with Crippen LogP contribution in [0.2, 0.25) is 0 Å². The van der Waals surface area contributed by atoms with Gasteiger partial charge in [0.15, 0.2) is 11.5 Å². The lowest BCUT2D eigenvalue weighted by Gasteiger charge is -2.21. The van der Waals surface area contributed by atoms with Crippen molar-refractivity contribution < 1.29 is 14.3 Å². The van der Waals surface area contributed by atoms with Crippen molar-refractivity contribution in [1.29, 1.82) is 0 Å². The Bertz CT molecular complexity index is 446. The maximum absolute atomic E-state index is 12.6. The van der Waals surface area contributed by atoms with E-state index in [1.807, 2.05) is 11.0 Å². The van der Waals surface area contributed by atoms with Crippen molar-refractivity contribution in [2.45, 2.75) is 6.42 Å². The third-order valence-electron chi connectivity index (χ3n) is 3.26. The zero-order chi connectivity index (χ0) is 13.7. The first-order valence-corrected chi connectivity index (χ1v) is 6.49. The van der Waals surface area contributed by atoms with Crippen molar-refractivity contribution in [3.8, 4) is 11.5 Å². The van der Waals surface area contributed by atoms with E-state index in [2.05, 4.69) is 5.32 Å². The molecule has 0 radical (unpaired) electrons. The molecule has 1 aliphatic rings. The first-order valence-electron chi connectivity index (χ1n) is 6.49. The van der Waals surface area contributed by atoms with Crippen LogP contribution >= 0.6 is 12.4 Å². The lowest BCUT2D eigenvalue weighted by atomic mass is 10.1. The Balaban J connectivity index is 0.00000200. The smallest absolute Gasteiger partial charge is 0.257 e. The monoisotopic (exact) mass is 300 g/mol. The zero-order valence-corrected chi connectivity index (χ0v) is 12.7. The number of ether oxygens (including phenoxy) is 2. The number of nitrogens with one attached hydrogen (secondary N) is 1. The second kappa shape index (κ2) is 7.97. The molecule has 0 aromatic heterocycles. The molecule has 0 bridgehead atoms. The van der Waals surface area contributed by atoms with Gasteiger partial charge in [-0.3, -0.25) is 4.79 Å². The predicted molar refractivity (Wildman–Crippen MR) is 80.2 cm³/mol. The van der Waals surface area contributed by atoms with E-state index in [0.717, 1.165) is 32.6 Å². The molecule has 0 aliphatic carbocycles. The molecular formula is C14H21ClN2O3. The molecule has 5 nitrogen and oxygen atoms in total. The van der Waals surface area contributed by atoms with Gasteiger partial charge in [-0.1, -0.05) is 6.07 Å². The molecule has 1 amide bonds. The minimum atomic E-state index is -0.000509. The predicted octanol–water partition coefficient (Wildman–Crippen LogP) is 1.56. The molecule has 1 fully saturated rings. The summed E-state index contributed by atoms with van der Waals surface area (Å²) in [6.07, 6.45) is 0.970. The van der Waals surface area contributed by atoms with E-state index < -0.39 is 0 Å². The van der Waals surface area contributed by atoms with Crippen molar-refractivity contribution >= 4 is 18.3 Å². The van der Waals surface area contributed by atoms with Crippen LogP contribution in [0.1, 0.15) is 16.8 Å². The number of carbonyl (C=O) groups is 1. The average Bonchev–Trinajstić information content (AvgIpc) is 2.74. The summed E-state index contributed by atoms with van der Waals surface area (Å²) in [5.74, 6) is 1.09. The highest BCUT2D eigenvalue weighted by atomic mass is 35.5. The first kappa shape index (κ1) is 16.6. The van der Waals surface area contributed by atoms with Gasteiger partial charge in [-0.05, 0) is 25.1 Å². The third kappa shape index (κ3) is 3.55. The molecule has 0 atom stereocenters. The van der Waals surface area contributed by atoms with Gasteiger partial charge in [0, 0.05) is 19.6 Å². The van der Waals surface area contributed by atoms with Gasteiger partial charge in [0.2, 0.25) is 0 Å². The minimum absolute atomic E-state index is 0. The minimum Gasteiger partial charge on any atom is -0.493 e. The summed E-state index contributed by atoms with van der Waals surface area (Å²) in [5.41, 5.74) is 0.559. The number of carbonyl (C=O) groups excluding carboxylic acids is 1. The van der Waals surface area contributed by atoms with Gasteiger partial charge in [0.1, 0.15) is 0 Å². The van der Waals surface area contributed by atoms with Crippen LogP contribution < -0.4 is 14.8 Å². The SMILES string of the molecule is COc1cccc(C(=O)N2CCCNCC2)c1OC.Cl. The molecule has 112 valence electrons. The number of methoxy groups -OCH3 is 2. The van der Waals surface area contributed by atoms with E-state index in [-0.39, 0.29) is 18.3 Å². The van der Waals surface area contributed by atoms with E-state index in [4.69, 9.17) is 9.47 Å². The normalized spacial score (nSPS) is 15.0. The van der Waals surface area contributed by atoms with Gasteiger partial charge >= 0.3 is 0 Å². The summed E-state index contributed by atoms with van der Waals surface area (Å²) in [4.78, 5) is 14.4. The molecule has 1 saturated heterocycles. The van der Waals surface area contributed by atoms with Gasteiger partial charge in [-0.2, -0.15) is 0 Å². The number of halogens is 1. The average molecular weight is 301 g/mol. The molecule has 1 aliphatic heterocycles. The van der Waals surface area contributed by atoms with E-state index in [1.165, 1.54) is 0 Å². The first-order chi connectivity index (χ1) is 9.27. The summed E-state index contributed by atoms with van der Waals surface area (Å²) in [6, 6.07) is 5.38. The summed E-state index contributed by atoms with van der Waals surface area (Å²) in [7, 11) is 3.13. The lowest BCUT2D eigenvalue weighted by molar-refractivity contribution is 0.0762. The van der Waals surface area contributed by atoms with Crippen molar-refractivity contribution in [2.75, 3.05) is 40.4 Å². The fourth-order valence-electron chi connectivity index (χ4n) is 2.27. The van der Waals surface area contributed by atoms with Gasteiger partial charge in [0.05, 0.1) is 19.8 Å². The Hall–Kier alpha value is -1.46. The molecule has 20 heavy (non-hydrogen) atoms. The van der Waals surface area contributed by atoms with Crippen LogP contribution in [0, 0.1) is 0 Å². The number of nitrogens with zero attached hydrogens (tertiary/aromatic N) is 1. The molecule has 1 aromatic carbocycles. The molecule has 1 heterocycles. The Kier molecular flexibility index (Phi) is 6.61. The number of rotatable bonds is 3. The van der Waals surface area contributed by atoms with E-state index in [1.54, 1.807) is 26.4 Å². The van der Waals surface area contributed by atoms with Crippen LogP contribution in [0.4, 0.5) is 0 Å². The molecule has 0 spiro atoms. The zero-order valence-electron chi connectivity index (χ0n) is 11.8. The van der Waals surface area contributed by atoms with Gasteiger partial charge in [0.25, 0.3) is 5.91 Å². The highest BCUT2D eigenvalue weighted by Crippen LogP contribution is 2.31. The Morgan fingerprint density at radius 1 is 1.20 bits per heavy atom. The molecule has 1 aromatic rings. The molecule has 1 N–H and O–H groups in total. The summed E-state index contributed by atoms with van der Waals surface area (Å²) in [5, 5.41) is 3.28. The largest absolute Gasteiger partial charge is 0.493 e. The van der Waals surface area contributed by atoms with E-state index >= 15 is 0 Å². The molecule has 2 rings (SSSR count). The summed E-state index contributed by atoms with van der Waals surface area (Å²) < 4.78 is 10.6. The number of hydrogen-bond donors (Lipinski definition) is 1. The lowest BCUT2D eigenvalue weighted by Crippen LogP contribution is -2.34. The molecule has 6 heteroatoms. The van der Waals surface area contributed by atoms with Crippen molar-refractivity contribution in [2.24, 2.45) is 0 Å². The van der Waals surface area contributed by atoms with Crippen molar-refractivity contribution in [1.82, 2.24) is 10.2 Å². The quantitative estimate of drug-likeness (QED) is 0.920. The van der Waals surface area contributed by atoms with Crippen LogP contribution in [0.3, 0.4) is 0 Å². The van der Waals surface area contributed by atoms with Crippen LogP contribution in [0.5, 0.6) is 11.5 Å². The fourth-order valence-corrected chi connectivity index (χ4v) is 2.27. The molecule has 0 unspecified atom stereocenters. The maximum atomic E-state index is 12.6. The van der Waals surface area contributed by atoms with Crippen molar-refractivity contribution in [3.05, 3.63) is 23.8 Å². The number of amides is 1.